The highest BCUT2D eigenvalue weighted by atomic mass is 32.1. The molecule has 2 heterocycles. The van der Waals surface area contributed by atoms with Gasteiger partial charge in [-0.05, 0) is 44.9 Å². The highest BCUT2D eigenvalue weighted by Crippen LogP contribution is 2.61. The second-order valence-corrected chi connectivity index (χ2v) is 7.98. The summed E-state index contributed by atoms with van der Waals surface area (Å²) in [6.45, 7) is 4.51. The maximum absolute atomic E-state index is 12.8. The van der Waals surface area contributed by atoms with E-state index in [4.69, 9.17) is 9.47 Å². The topological polar surface area (TPSA) is 73.3 Å². The first-order chi connectivity index (χ1) is 12.0. The number of benzene rings is 1. The number of aromatic nitrogens is 2. The van der Waals surface area contributed by atoms with Gasteiger partial charge in [0, 0.05) is 16.9 Å². The number of hydrogen-bond donors (Lipinski definition) is 1. The average Bonchev–Trinajstić information content (AvgIpc) is 3.16. The van der Waals surface area contributed by atoms with Crippen LogP contribution in [0.4, 0.5) is 0 Å². The van der Waals surface area contributed by atoms with Crippen LogP contribution in [0.15, 0.2) is 18.2 Å². The second kappa shape index (κ2) is 5.98. The Balaban J connectivity index is 1.52. The molecule has 1 unspecified atom stereocenters. The Morgan fingerprint density at radius 1 is 1.48 bits per heavy atom. The fraction of sp³-hybridized carbons (Fsp3) is 0.500. The predicted octanol–water partition coefficient (Wildman–Crippen LogP) is 2.77. The average molecular weight is 359 g/mol. The van der Waals surface area contributed by atoms with Crippen molar-refractivity contribution in [1.82, 2.24) is 15.5 Å². The van der Waals surface area contributed by atoms with E-state index in [0.29, 0.717) is 6.61 Å². The summed E-state index contributed by atoms with van der Waals surface area (Å²) in [6.07, 6.45) is 1.71. The van der Waals surface area contributed by atoms with Crippen LogP contribution < -0.4 is 14.8 Å². The van der Waals surface area contributed by atoms with Gasteiger partial charge in [0.1, 0.15) is 21.5 Å². The van der Waals surface area contributed by atoms with Crippen LogP contribution in [-0.2, 0) is 10.2 Å². The maximum atomic E-state index is 12.8. The maximum Gasteiger partial charge on any atom is 0.224 e. The molecule has 2 aromatic rings. The van der Waals surface area contributed by atoms with Gasteiger partial charge in [0.25, 0.3) is 0 Å². The zero-order valence-corrected chi connectivity index (χ0v) is 15.4. The van der Waals surface area contributed by atoms with Crippen LogP contribution in [0.2, 0.25) is 0 Å². The number of amides is 1. The molecular weight excluding hydrogens is 338 g/mol. The summed E-state index contributed by atoms with van der Waals surface area (Å²) in [7, 11) is 1.65. The summed E-state index contributed by atoms with van der Waals surface area (Å²) in [5.74, 6) is 1.72. The van der Waals surface area contributed by atoms with Crippen LogP contribution in [0.25, 0.3) is 0 Å². The lowest BCUT2D eigenvalue weighted by molar-refractivity contribution is -0.123. The number of nitrogens with one attached hydrogen (secondary N) is 1. The van der Waals surface area contributed by atoms with E-state index in [2.05, 4.69) is 15.5 Å². The van der Waals surface area contributed by atoms with Crippen molar-refractivity contribution in [3.63, 3.8) is 0 Å². The predicted molar refractivity (Wildman–Crippen MR) is 94.1 cm³/mol. The van der Waals surface area contributed by atoms with E-state index in [1.807, 2.05) is 32.0 Å². The van der Waals surface area contributed by atoms with Crippen molar-refractivity contribution in [3.05, 3.63) is 33.8 Å². The van der Waals surface area contributed by atoms with E-state index in [1.165, 1.54) is 11.3 Å². The number of ether oxygens (including phenoxy) is 2. The Morgan fingerprint density at radius 2 is 2.32 bits per heavy atom. The van der Waals surface area contributed by atoms with Crippen LogP contribution in [0.1, 0.15) is 41.4 Å². The molecule has 1 N–H and O–H groups in total. The van der Waals surface area contributed by atoms with Gasteiger partial charge in [-0.1, -0.05) is 11.3 Å². The fourth-order valence-electron chi connectivity index (χ4n) is 3.71. The zero-order valence-electron chi connectivity index (χ0n) is 14.5. The first-order valence-electron chi connectivity index (χ1n) is 8.45. The molecule has 7 heteroatoms. The lowest BCUT2D eigenvalue weighted by Crippen LogP contribution is -2.32. The molecule has 1 spiro atoms. The third kappa shape index (κ3) is 2.76. The minimum Gasteiger partial charge on any atom is -0.497 e. The van der Waals surface area contributed by atoms with Crippen LogP contribution in [-0.4, -0.2) is 29.8 Å². The van der Waals surface area contributed by atoms with Crippen molar-refractivity contribution in [1.29, 1.82) is 0 Å². The molecule has 1 aliphatic heterocycles. The van der Waals surface area contributed by atoms with E-state index >= 15 is 0 Å². The number of methoxy groups -OCH3 is 1. The zero-order chi connectivity index (χ0) is 17.6. The van der Waals surface area contributed by atoms with E-state index in [1.54, 1.807) is 7.11 Å². The summed E-state index contributed by atoms with van der Waals surface area (Å²) in [6, 6.07) is 5.73. The summed E-state index contributed by atoms with van der Waals surface area (Å²) in [5.41, 5.74) is 0.973. The Labute approximate surface area is 150 Å². The van der Waals surface area contributed by atoms with E-state index in [-0.39, 0.29) is 23.3 Å². The highest BCUT2D eigenvalue weighted by Gasteiger charge is 2.61. The molecule has 1 fully saturated rings. The van der Waals surface area contributed by atoms with Gasteiger partial charge in [0.05, 0.1) is 19.8 Å². The molecule has 1 amide bonds. The highest BCUT2D eigenvalue weighted by molar-refractivity contribution is 7.11. The molecule has 0 radical (unpaired) electrons. The number of nitrogens with zero attached hydrogens (tertiary/aromatic N) is 2. The molecule has 1 saturated carbocycles. The third-order valence-corrected chi connectivity index (χ3v) is 6.21. The number of rotatable bonds is 4. The quantitative estimate of drug-likeness (QED) is 0.909. The van der Waals surface area contributed by atoms with Gasteiger partial charge < -0.3 is 14.8 Å². The first kappa shape index (κ1) is 16.3. The van der Waals surface area contributed by atoms with E-state index in [0.717, 1.165) is 39.9 Å². The Morgan fingerprint density at radius 3 is 3.04 bits per heavy atom. The van der Waals surface area contributed by atoms with Crippen molar-refractivity contribution in [2.45, 2.75) is 38.1 Å². The molecule has 132 valence electrons. The van der Waals surface area contributed by atoms with Crippen LogP contribution in [0.5, 0.6) is 11.5 Å². The largest absolute Gasteiger partial charge is 0.497 e. The number of fused-ring (bicyclic) bond motifs is 2. The van der Waals surface area contributed by atoms with E-state index in [9.17, 15) is 4.79 Å². The molecule has 0 saturated heterocycles. The van der Waals surface area contributed by atoms with Crippen molar-refractivity contribution in [3.8, 4) is 11.5 Å². The summed E-state index contributed by atoms with van der Waals surface area (Å²) < 4.78 is 11.1. The SMILES string of the molecule is COc1ccc2c(c1)[C@@]1(CCO2)C[C@@H]1C(=O)NC(C)c1nnc(C)s1. The Hall–Kier alpha value is -2.15. The lowest BCUT2D eigenvalue weighted by Gasteiger charge is -2.27. The first-order valence-corrected chi connectivity index (χ1v) is 9.27. The molecule has 25 heavy (non-hydrogen) atoms. The molecule has 1 aromatic heterocycles. The van der Waals surface area contributed by atoms with Crippen molar-refractivity contribution >= 4 is 17.2 Å². The number of carbonyl (C=O) groups excluding carboxylic acids is 1. The van der Waals surface area contributed by atoms with Gasteiger partial charge in [0.2, 0.25) is 5.91 Å². The number of hydrogen-bond acceptors (Lipinski definition) is 6. The Bertz CT molecular complexity index is 822. The van der Waals surface area contributed by atoms with Gasteiger partial charge in [-0.25, -0.2) is 0 Å². The molecular formula is C18H21N3O3S. The van der Waals surface area contributed by atoms with Crippen molar-refractivity contribution in [2.24, 2.45) is 5.92 Å². The van der Waals surface area contributed by atoms with Crippen LogP contribution >= 0.6 is 11.3 Å². The van der Waals surface area contributed by atoms with Gasteiger partial charge in [-0.15, -0.1) is 10.2 Å². The molecule has 3 atom stereocenters. The molecule has 6 nitrogen and oxygen atoms in total. The van der Waals surface area contributed by atoms with Gasteiger partial charge in [-0.2, -0.15) is 0 Å². The third-order valence-electron chi connectivity index (χ3n) is 5.19. The minimum absolute atomic E-state index is 0.0290. The number of carbonyl (C=O) groups is 1. The molecule has 1 aliphatic carbocycles. The van der Waals surface area contributed by atoms with Crippen LogP contribution in [0.3, 0.4) is 0 Å². The summed E-state index contributed by atoms with van der Waals surface area (Å²) >= 11 is 1.52. The lowest BCUT2D eigenvalue weighted by atomic mass is 9.87. The summed E-state index contributed by atoms with van der Waals surface area (Å²) in [5, 5.41) is 13.0. The molecule has 0 bridgehead atoms. The van der Waals surface area contributed by atoms with Crippen molar-refractivity contribution in [2.75, 3.05) is 13.7 Å². The van der Waals surface area contributed by atoms with Crippen LogP contribution in [0, 0.1) is 12.8 Å². The van der Waals surface area contributed by atoms with Gasteiger partial charge in [0.15, 0.2) is 0 Å². The van der Waals surface area contributed by atoms with E-state index < -0.39 is 0 Å². The standard InChI is InChI=1S/C18H21N3O3S/c1-10(17-21-20-11(2)25-17)19-16(22)14-9-18(14)6-7-24-15-5-4-12(23-3)8-13(15)18/h4-5,8,10,14H,6-7,9H2,1-3H3,(H,19,22)/t10?,14-,18-/m1/s1. The van der Waals surface area contributed by atoms with Gasteiger partial charge in [-0.3, -0.25) is 4.79 Å². The molecule has 2 aliphatic rings. The number of aryl methyl sites for hydroxylation is 1. The minimum atomic E-state index is -0.124. The second-order valence-electron chi connectivity index (χ2n) is 6.76. The van der Waals surface area contributed by atoms with Gasteiger partial charge >= 0.3 is 0 Å². The normalized spacial score (nSPS) is 25.0. The monoisotopic (exact) mass is 359 g/mol. The smallest absolute Gasteiger partial charge is 0.224 e. The summed E-state index contributed by atoms with van der Waals surface area (Å²) in [4.78, 5) is 12.8. The molecule has 4 rings (SSSR count). The fourth-order valence-corrected chi connectivity index (χ4v) is 4.42. The van der Waals surface area contributed by atoms with Crippen molar-refractivity contribution < 1.29 is 14.3 Å². The Kier molecular flexibility index (Phi) is 3.91. The molecule has 1 aromatic carbocycles.